The summed E-state index contributed by atoms with van der Waals surface area (Å²) in [5.74, 6) is 3.09. The monoisotopic (exact) mass is 248 g/mol. The summed E-state index contributed by atoms with van der Waals surface area (Å²) < 4.78 is 2.01. The molecule has 3 unspecified atom stereocenters. The highest BCUT2D eigenvalue weighted by Gasteiger charge is 2.35. The average molecular weight is 248 g/mol. The number of nitrogens with one attached hydrogen (secondary N) is 1. The van der Waals surface area contributed by atoms with Gasteiger partial charge in [0.15, 0.2) is 0 Å². The summed E-state index contributed by atoms with van der Waals surface area (Å²) in [6, 6.07) is 0.983. The van der Waals surface area contributed by atoms with Crippen LogP contribution in [0, 0.1) is 11.8 Å². The Labute approximate surface area is 109 Å². The first kappa shape index (κ1) is 12.2. The second-order valence-corrected chi connectivity index (χ2v) is 6.15. The van der Waals surface area contributed by atoms with Gasteiger partial charge in [-0.05, 0) is 44.4 Å². The van der Waals surface area contributed by atoms with Crippen molar-refractivity contribution in [3.05, 3.63) is 12.2 Å². The van der Waals surface area contributed by atoms with Crippen LogP contribution in [0.4, 0.5) is 0 Å². The minimum absolute atomic E-state index is 0.306. The van der Waals surface area contributed by atoms with Crippen LogP contribution in [0.15, 0.2) is 6.33 Å². The molecule has 0 aromatic carbocycles. The van der Waals surface area contributed by atoms with Crippen LogP contribution in [0.2, 0.25) is 0 Å². The lowest BCUT2D eigenvalue weighted by Gasteiger charge is -2.31. The molecule has 2 aliphatic rings. The molecule has 4 nitrogen and oxygen atoms in total. The minimum Gasteiger partial charge on any atom is -0.319 e. The molecule has 1 aromatic rings. The minimum atomic E-state index is 0.306. The van der Waals surface area contributed by atoms with Gasteiger partial charge in [0.2, 0.25) is 0 Å². The Hall–Kier alpha value is -0.900. The third-order valence-electron chi connectivity index (χ3n) is 4.62. The Bertz CT molecular complexity index is 396. The van der Waals surface area contributed by atoms with Crippen LogP contribution < -0.4 is 5.32 Å². The van der Waals surface area contributed by atoms with Crippen molar-refractivity contribution in [2.24, 2.45) is 18.9 Å². The van der Waals surface area contributed by atoms with Crippen molar-refractivity contribution in [2.75, 3.05) is 0 Å². The summed E-state index contributed by atoms with van der Waals surface area (Å²) in [5.41, 5.74) is 0. The maximum atomic E-state index is 4.20. The van der Waals surface area contributed by atoms with Crippen molar-refractivity contribution < 1.29 is 0 Å². The number of aryl methyl sites for hydroxylation is 1. The van der Waals surface area contributed by atoms with E-state index >= 15 is 0 Å². The standard InChI is InChI=1S/C14H24N4/c1-10(14-17-15-9-18(14)2)16-13-5-3-4-12(8-13)11-6-7-11/h9-13,16H,3-8H2,1-2H3. The summed E-state index contributed by atoms with van der Waals surface area (Å²) in [4.78, 5) is 0. The second-order valence-electron chi connectivity index (χ2n) is 6.15. The third kappa shape index (κ3) is 2.58. The zero-order valence-electron chi connectivity index (χ0n) is 11.5. The lowest BCUT2D eigenvalue weighted by Crippen LogP contribution is -2.37. The predicted octanol–water partition coefficient (Wildman–Crippen LogP) is 2.43. The van der Waals surface area contributed by atoms with E-state index in [1.165, 1.54) is 38.5 Å². The highest BCUT2D eigenvalue weighted by molar-refractivity contribution is 4.95. The number of nitrogens with zero attached hydrogens (tertiary/aromatic N) is 3. The van der Waals surface area contributed by atoms with E-state index < -0.39 is 0 Å². The van der Waals surface area contributed by atoms with Crippen molar-refractivity contribution in [3.63, 3.8) is 0 Å². The molecule has 3 rings (SSSR count). The van der Waals surface area contributed by atoms with Crippen molar-refractivity contribution in [1.29, 1.82) is 0 Å². The van der Waals surface area contributed by atoms with E-state index in [1.807, 2.05) is 11.6 Å². The molecule has 2 saturated carbocycles. The number of hydrogen-bond acceptors (Lipinski definition) is 3. The highest BCUT2D eigenvalue weighted by atomic mass is 15.3. The van der Waals surface area contributed by atoms with Crippen LogP contribution in [0.25, 0.3) is 0 Å². The summed E-state index contributed by atoms with van der Waals surface area (Å²) in [5, 5.41) is 11.9. The summed E-state index contributed by atoms with van der Waals surface area (Å²) >= 11 is 0. The zero-order chi connectivity index (χ0) is 12.5. The molecule has 100 valence electrons. The summed E-state index contributed by atoms with van der Waals surface area (Å²) in [6.45, 7) is 2.20. The molecule has 1 aromatic heterocycles. The lowest BCUT2D eigenvalue weighted by atomic mass is 9.82. The van der Waals surface area contributed by atoms with Crippen LogP contribution >= 0.6 is 0 Å². The molecular weight excluding hydrogens is 224 g/mol. The first-order valence-corrected chi connectivity index (χ1v) is 7.34. The van der Waals surface area contributed by atoms with E-state index in [1.54, 1.807) is 6.33 Å². The number of hydrogen-bond donors (Lipinski definition) is 1. The van der Waals surface area contributed by atoms with E-state index in [-0.39, 0.29) is 0 Å². The molecule has 1 heterocycles. The Morgan fingerprint density at radius 2 is 2.11 bits per heavy atom. The maximum absolute atomic E-state index is 4.20. The van der Waals surface area contributed by atoms with Crippen molar-refractivity contribution in [1.82, 2.24) is 20.1 Å². The smallest absolute Gasteiger partial charge is 0.149 e. The normalized spacial score (nSPS) is 30.3. The van der Waals surface area contributed by atoms with Gasteiger partial charge in [-0.2, -0.15) is 0 Å². The first-order chi connectivity index (χ1) is 8.74. The Morgan fingerprint density at radius 1 is 1.28 bits per heavy atom. The van der Waals surface area contributed by atoms with E-state index in [9.17, 15) is 0 Å². The van der Waals surface area contributed by atoms with Gasteiger partial charge in [0.1, 0.15) is 12.2 Å². The van der Waals surface area contributed by atoms with Gasteiger partial charge in [0.25, 0.3) is 0 Å². The predicted molar refractivity (Wildman–Crippen MR) is 71.0 cm³/mol. The Balaban J connectivity index is 1.57. The largest absolute Gasteiger partial charge is 0.319 e. The van der Waals surface area contributed by atoms with Crippen molar-refractivity contribution in [3.8, 4) is 0 Å². The Morgan fingerprint density at radius 3 is 2.78 bits per heavy atom. The van der Waals surface area contributed by atoms with Gasteiger partial charge >= 0.3 is 0 Å². The summed E-state index contributed by atoms with van der Waals surface area (Å²) in [7, 11) is 2.02. The van der Waals surface area contributed by atoms with Crippen LogP contribution in [-0.4, -0.2) is 20.8 Å². The summed E-state index contributed by atoms with van der Waals surface area (Å²) in [6.07, 6.45) is 10.3. The number of aromatic nitrogens is 3. The van der Waals surface area contributed by atoms with E-state index in [2.05, 4.69) is 22.4 Å². The molecule has 4 heteroatoms. The van der Waals surface area contributed by atoms with Gasteiger partial charge < -0.3 is 9.88 Å². The maximum Gasteiger partial charge on any atom is 0.149 e. The molecule has 2 fully saturated rings. The van der Waals surface area contributed by atoms with E-state index in [0.717, 1.165) is 17.7 Å². The van der Waals surface area contributed by atoms with Gasteiger partial charge in [0, 0.05) is 13.1 Å². The fourth-order valence-electron chi connectivity index (χ4n) is 3.49. The van der Waals surface area contributed by atoms with Crippen LogP contribution in [0.5, 0.6) is 0 Å². The number of rotatable bonds is 4. The molecular formula is C14H24N4. The quantitative estimate of drug-likeness (QED) is 0.890. The molecule has 2 aliphatic carbocycles. The molecule has 0 bridgehead atoms. The fourth-order valence-corrected chi connectivity index (χ4v) is 3.49. The molecule has 0 aliphatic heterocycles. The second kappa shape index (κ2) is 5.00. The first-order valence-electron chi connectivity index (χ1n) is 7.34. The zero-order valence-corrected chi connectivity index (χ0v) is 11.5. The SMILES string of the molecule is CC(NC1CCCC(C2CC2)C1)c1nncn1C. The van der Waals surface area contributed by atoms with Crippen LogP contribution in [0.1, 0.15) is 57.3 Å². The third-order valence-corrected chi connectivity index (χ3v) is 4.62. The average Bonchev–Trinajstić information content (AvgIpc) is 3.12. The molecule has 3 atom stereocenters. The van der Waals surface area contributed by atoms with Gasteiger partial charge in [-0.3, -0.25) is 0 Å². The molecule has 18 heavy (non-hydrogen) atoms. The van der Waals surface area contributed by atoms with E-state index in [4.69, 9.17) is 0 Å². The Kier molecular flexibility index (Phi) is 3.37. The van der Waals surface area contributed by atoms with Gasteiger partial charge in [-0.15, -0.1) is 10.2 Å². The van der Waals surface area contributed by atoms with Crippen LogP contribution in [0.3, 0.4) is 0 Å². The van der Waals surface area contributed by atoms with Crippen LogP contribution in [-0.2, 0) is 7.05 Å². The van der Waals surface area contributed by atoms with Crippen molar-refractivity contribution in [2.45, 2.75) is 57.5 Å². The topological polar surface area (TPSA) is 42.7 Å². The molecule has 0 radical (unpaired) electrons. The van der Waals surface area contributed by atoms with Crippen molar-refractivity contribution >= 4 is 0 Å². The van der Waals surface area contributed by atoms with Gasteiger partial charge in [0.05, 0.1) is 6.04 Å². The van der Waals surface area contributed by atoms with Gasteiger partial charge in [-0.25, -0.2) is 0 Å². The van der Waals surface area contributed by atoms with Gasteiger partial charge in [-0.1, -0.05) is 12.8 Å². The highest BCUT2D eigenvalue weighted by Crippen LogP contribution is 2.44. The fraction of sp³-hybridized carbons (Fsp3) is 0.857. The van der Waals surface area contributed by atoms with E-state index in [0.29, 0.717) is 12.1 Å². The molecule has 0 spiro atoms. The molecule has 1 N–H and O–H groups in total. The lowest BCUT2D eigenvalue weighted by molar-refractivity contribution is 0.247. The molecule has 0 saturated heterocycles. The molecule has 0 amide bonds.